The lowest BCUT2D eigenvalue weighted by Crippen LogP contribution is -2.45. The molecule has 1 unspecified atom stereocenters. The van der Waals surface area contributed by atoms with E-state index in [2.05, 4.69) is 17.5 Å². The van der Waals surface area contributed by atoms with Crippen molar-refractivity contribution in [2.75, 3.05) is 6.54 Å². The molecule has 2 aliphatic rings. The Bertz CT molecular complexity index is 185. The lowest BCUT2D eigenvalue weighted by atomic mass is 9.88. The van der Waals surface area contributed by atoms with Crippen LogP contribution in [-0.2, 0) is 0 Å². The van der Waals surface area contributed by atoms with Crippen LogP contribution in [0, 0.1) is 5.92 Å². The van der Waals surface area contributed by atoms with Gasteiger partial charge in [-0.25, -0.2) is 0 Å². The summed E-state index contributed by atoms with van der Waals surface area (Å²) in [6.07, 6.45) is 10.3. The van der Waals surface area contributed by atoms with Crippen LogP contribution >= 0.6 is 0 Å². The SMILES string of the molecule is OC1CC(NCC2CC=CCC2)C1. The van der Waals surface area contributed by atoms with Gasteiger partial charge in [-0.2, -0.15) is 0 Å². The summed E-state index contributed by atoms with van der Waals surface area (Å²) in [5.74, 6) is 0.836. The predicted octanol–water partition coefficient (Wildman–Crippen LogP) is 1.46. The Morgan fingerprint density at radius 1 is 1.31 bits per heavy atom. The van der Waals surface area contributed by atoms with Gasteiger partial charge in [0.15, 0.2) is 0 Å². The number of rotatable bonds is 3. The number of nitrogens with one attached hydrogen (secondary N) is 1. The molecule has 0 aromatic heterocycles. The molecule has 0 amide bonds. The monoisotopic (exact) mass is 181 g/mol. The Morgan fingerprint density at radius 3 is 2.77 bits per heavy atom. The molecule has 0 heterocycles. The topological polar surface area (TPSA) is 32.3 Å². The second kappa shape index (κ2) is 4.25. The minimum absolute atomic E-state index is 0.0243. The molecular formula is C11H19NO. The number of allylic oxidation sites excluding steroid dienone is 2. The van der Waals surface area contributed by atoms with Gasteiger partial charge in [0.1, 0.15) is 0 Å². The molecule has 0 saturated heterocycles. The molecule has 74 valence electrons. The summed E-state index contributed by atoms with van der Waals surface area (Å²) in [7, 11) is 0. The largest absolute Gasteiger partial charge is 0.393 e. The highest BCUT2D eigenvalue weighted by molar-refractivity contribution is 4.92. The van der Waals surface area contributed by atoms with E-state index in [0.717, 1.165) is 25.3 Å². The Kier molecular flexibility index (Phi) is 3.01. The molecule has 0 aromatic carbocycles. The first-order valence-electron chi connectivity index (χ1n) is 5.41. The van der Waals surface area contributed by atoms with E-state index in [4.69, 9.17) is 5.11 Å². The van der Waals surface area contributed by atoms with Crippen LogP contribution in [0.1, 0.15) is 32.1 Å². The average molecular weight is 181 g/mol. The third-order valence-corrected chi connectivity index (χ3v) is 3.19. The van der Waals surface area contributed by atoms with Crippen LogP contribution < -0.4 is 5.32 Å². The summed E-state index contributed by atoms with van der Waals surface area (Å²) >= 11 is 0. The lowest BCUT2D eigenvalue weighted by molar-refractivity contribution is 0.0607. The fraction of sp³-hybridized carbons (Fsp3) is 0.818. The van der Waals surface area contributed by atoms with Gasteiger partial charge in [-0.05, 0) is 44.6 Å². The molecular weight excluding hydrogens is 162 g/mol. The van der Waals surface area contributed by atoms with Crippen molar-refractivity contribution in [3.8, 4) is 0 Å². The maximum absolute atomic E-state index is 9.10. The molecule has 0 spiro atoms. The van der Waals surface area contributed by atoms with E-state index in [-0.39, 0.29) is 6.10 Å². The molecule has 0 bridgehead atoms. The van der Waals surface area contributed by atoms with Crippen molar-refractivity contribution in [3.05, 3.63) is 12.2 Å². The van der Waals surface area contributed by atoms with Gasteiger partial charge in [-0.15, -0.1) is 0 Å². The zero-order chi connectivity index (χ0) is 9.10. The van der Waals surface area contributed by atoms with Crippen molar-refractivity contribution in [2.45, 2.75) is 44.2 Å². The van der Waals surface area contributed by atoms with E-state index >= 15 is 0 Å². The van der Waals surface area contributed by atoms with E-state index in [1.807, 2.05) is 0 Å². The van der Waals surface area contributed by atoms with E-state index < -0.39 is 0 Å². The van der Waals surface area contributed by atoms with Crippen molar-refractivity contribution in [1.82, 2.24) is 5.32 Å². The highest BCUT2D eigenvalue weighted by Crippen LogP contribution is 2.21. The molecule has 1 saturated carbocycles. The Balaban J connectivity index is 1.60. The van der Waals surface area contributed by atoms with Crippen LogP contribution in [0.5, 0.6) is 0 Å². The molecule has 0 radical (unpaired) electrons. The van der Waals surface area contributed by atoms with Crippen molar-refractivity contribution in [1.29, 1.82) is 0 Å². The van der Waals surface area contributed by atoms with Crippen molar-refractivity contribution < 1.29 is 5.11 Å². The average Bonchev–Trinajstić information content (AvgIpc) is 2.12. The summed E-state index contributed by atoms with van der Waals surface area (Å²) in [6.45, 7) is 1.14. The predicted molar refractivity (Wildman–Crippen MR) is 53.5 cm³/mol. The number of hydrogen-bond donors (Lipinski definition) is 2. The number of aliphatic hydroxyl groups excluding tert-OH is 1. The van der Waals surface area contributed by atoms with Crippen molar-refractivity contribution in [2.24, 2.45) is 5.92 Å². The number of hydrogen-bond acceptors (Lipinski definition) is 2. The summed E-state index contributed by atoms with van der Waals surface area (Å²) in [4.78, 5) is 0. The van der Waals surface area contributed by atoms with Crippen LogP contribution in [-0.4, -0.2) is 23.8 Å². The van der Waals surface area contributed by atoms with Crippen LogP contribution in [0.4, 0.5) is 0 Å². The minimum atomic E-state index is -0.0243. The van der Waals surface area contributed by atoms with E-state index in [9.17, 15) is 0 Å². The molecule has 0 aliphatic heterocycles. The second-order valence-electron chi connectivity index (χ2n) is 4.38. The molecule has 2 aliphatic carbocycles. The summed E-state index contributed by atoms with van der Waals surface area (Å²) in [5, 5.41) is 12.6. The second-order valence-corrected chi connectivity index (χ2v) is 4.38. The molecule has 13 heavy (non-hydrogen) atoms. The highest BCUT2D eigenvalue weighted by Gasteiger charge is 2.26. The Morgan fingerprint density at radius 2 is 2.15 bits per heavy atom. The smallest absolute Gasteiger partial charge is 0.0570 e. The quantitative estimate of drug-likeness (QED) is 0.646. The van der Waals surface area contributed by atoms with Gasteiger partial charge in [0.25, 0.3) is 0 Å². The van der Waals surface area contributed by atoms with Crippen LogP contribution in [0.25, 0.3) is 0 Å². The van der Waals surface area contributed by atoms with Gasteiger partial charge in [0.05, 0.1) is 6.10 Å². The lowest BCUT2D eigenvalue weighted by Gasteiger charge is -2.33. The molecule has 2 rings (SSSR count). The third-order valence-electron chi connectivity index (χ3n) is 3.19. The van der Waals surface area contributed by atoms with E-state index in [1.165, 1.54) is 19.3 Å². The molecule has 1 atom stereocenters. The van der Waals surface area contributed by atoms with Crippen molar-refractivity contribution >= 4 is 0 Å². The maximum atomic E-state index is 9.10. The third kappa shape index (κ3) is 2.55. The van der Waals surface area contributed by atoms with Gasteiger partial charge >= 0.3 is 0 Å². The minimum Gasteiger partial charge on any atom is -0.393 e. The summed E-state index contributed by atoms with van der Waals surface area (Å²) in [6, 6.07) is 0.598. The van der Waals surface area contributed by atoms with Gasteiger partial charge in [-0.3, -0.25) is 0 Å². The van der Waals surface area contributed by atoms with Crippen LogP contribution in [0.15, 0.2) is 12.2 Å². The Labute approximate surface area is 80.0 Å². The van der Waals surface area contributed by atoms with E-state index in [0.29, 0.717) is 6.04 Å². The van der Waals surface area contributed by atoms with Crippen LogP contribution in [0.2, 0.25) is 0 Å². The van der Waals surface area contributed by atoms with Gasteiger partial charge < -0.3 is 10.4 Å². The molecule has 2 N–H and O–H groups in total. The first kappa shape index (κ1) is 9.22. The first-order valence-corrected chi connectivity index (χ1v) is 5.41. The van der Waals surface area contributed by atoms with E-state index in [1.54, 1.807) is 0 Å². The first-order chi connectivity index (χ1) is 6.34. The summed E-state index contributed by atoms with van der Waals surface area (Å²) < 4.78 is 0. The normalized spacial score (nSPS) is 38.7. The maximum Gasteiger partial charge on any atom is 0.0570 e. The van der Waals surface area contributed by atoms with Gasteiger partial charge in [0.2, 0.25) is 0 Å². The van der Waals surface area contributed by atoms with Crippen LogP contribution in [0.3, 0.4) is 0 Å². The van der Waals surface area contributed by atoms with Gasteiger partial charge in [0, 0.05) is 6.04 Å². The highest BCUT2D eigenvalue weighted by atomic mass is 16.3. The molecule has 2 heteroatoms. The zero-order valence-corrected chi connectivity index (χ0v) is 8.08. The fourth-order valence-electron chi connectivity index (χ4n) is 2.13. The Hall–Kier alpha value is -0.340. The molecule has 2 nitrogen and oxygen atoms in total. The van der Waals surface area contributed by atoms with Gasteiger partial charge in [-0.1, -0.05) is 12.2 Å². The molecule has 1 fully saturated rings. The summed E-state index contributed by atoms with van der Waals surface area (Å²) in [5.41, 5.74) is 0. The standard InChI is InChI=1S/C11H19NO/c13-11-6-10(7-11)12-8-9-4-2-1-3-5-9/h1-2,9-13H,3-8H2. The fourth-order valence-corrected chi connectivity index (χ4v) is 2.13. The molecule has 0 aromatic rings. The number of aliphatic hydroxyl groups is 1. The zero-order valence-electron chi connectivity index (χ0n) is 8.08. The van der Waals surface area contributed by atoms with Crippen molar-refractivity contribution in [3.63, 3.8) is 0 Å².